The van der Waals surface area contributed by atoms with Gasteiger partial charge >= 0.3 is 0 Å². The average Bonchev–Trinajstić information content (AvgIpc) is 3.18. The van der Waals surface area contributed by atoms with Gasteiger partial charge in [-0.1, -0.05) is 18.2 Å². The fourth-order valence-corrected chi connectivity index (χ4v) is 3.66. The number of hydrazine groups is 1. The molecule has 0 aliphatic carbocycles. The van der Waals surface area contributed by atoms with Gasteiger partial charge in [0.1, 0.15) is 0 Å². The number of aromatic nitrogens is 1. The molecule has 1 aromatic heterocycles. The van der Waals surface area contributed by atoms with Gasteiger partial charge in [-0.05, 0) is 36.9 Å². The number of nitrogens with zero attached hydrogens (tertiary/aromatic N) is 1. The van der Waals surface area contributed by atoms with Crippen LogP contribution in [0, 0.1) is 5.92 Å². The number of rotatable bonds is 5. The highest BCUT2D eigenvalue weighted by Gasteiger charge is 2.30. The SMILES string of the molecule is c1ccc2c(CCNCC3CNC4CCNN4C3)c[nH]c2c1. The van der Waals surface area contributed by atoms with Crippen molar-refractivity contribution in [2.45, 2.75) is 19.0 Å². The Kier molecular flexibility index (Phi) is 4.12. The van der Waals surface area contributed by atoms with Crippen LogP contribution in [0.15, 0.2) is 30.5 Å². The molecule has 22 heavy (non-hydrogen) atoms. The van der Waals surface area contributed by atoms with Crippen LogP contribution in [0.2, 0.25) is 0 Å². The molecule has 3 heterocycles. The van der Waals surface area contributed by atoms with E-state index in [1.54, 1.807) is 0 Å². The van der Waals surface area contributed by atoms with Crippen molar-refractivity contribution in [3.05, 3.63) is 36.0 Å². The maximum Gasteiger partial charge on any atom is 0.0745 e. The van der Waals surface area contributed by atoms with Crippen LogP contribution in [0.4, 0.5) is 0 Å². The zero-order chi connectivity index (χ0) is 14.8. The van der Waals surface area contributed by atoms with Crippen molar-refractivity contribution in [1.82, 2.24) is 26.1 Å². The minimum atomic E-state index is 0.558. The summed E-state index contributed by atoms with van der Waals surface area (Å²) < 4.78 is 0. The summed E-state index contributed by atoms with van der Waals surface area (Å²) in [7, 11) is 0. The first kappa shape index (κ1) is 14.2. The number of H-pyrrole nitrogens is 1. The van der Waals surface area contributed by atoms with E-state index in [9.17, 15) is 0 Å². The standard InChI is InChI=1S/C17H25N5/c1-2-4-16-15(3-1)14(11-19-16)5-7-18-9-13-10-20-17-6-8-21-22(17)12-13/h1-4,11,13,17-21H,5-10,12H2. The summed E-state index contributed by atoms with van der Waals surface area (Å²) in [6.45, 7) is 5.51. The fourth-order valence-electron chi connectivity index (χ4n) is 3.66. The maximum absolute atomic E-state index is 3.63. The molecule has 1 aromatic carbocycles. The highest BCUT2D eigenvalue weighted by molar-refractivity contribution is 5.83. The lowest BCUT2D eigenvalue weighted by molar-refractivity contribution is 0.0906. The van der Waals surface area contributed by atoms with Crippen LogP contribution < -0.4 is 16.1 Å². The molecule has 5 heteroatoms. The summed E-state index contributed by atoms with van der Waals surface area (Å²) in [6.07, 6.45) is 5.00. The number of aromatic amines is 1. The summed E-state index contributed by atoms with van der Waals surface area (Å²) in [4.78, 5) is 3.35. The molecule has 2 aliphatic heterocycles. The molecule has 0 radical (unpaired) electrons. The second kappa shape index (κ2) is 6.38. The predicted molar refractivity (Wildman–Crippen MR) is 89.5 cm³/mol. The Hall–Kier alpha value is -1.40. The zero-order valence-corrected chi connectivity index (χ0v) is 12.9. The molecule has 0 spiro atoms. The fraction of sp³-hybridized carbons (Fsp3) is 0.529. The Morgan fingerprint density at radius 3 is 3.23 bits per heavy atom. The number of hydrogen-bond acceptors (Lipinski definition) is 4. The van der Waals surface area contributed by atoms with Gasteiger partial charge in [0.2, 0.25) is 0 Å². The molecule has 2 atom stereocenters. The molecular weight excluding hydrogens is 274 g/mol. The molecule has 118 valence electrons. The Morgan fingerprint density at radius 1 is 1.27 bits per heavy atom. The Labute approximate surface area is 131 Å². The topological polar surface area (TPSA) is 55.1 Å². The van der Waals surface area contributed by atoms with Gasteiger partial charge in [-0.25, -0.2) is 5.01 Å². The first-order chi connectivity index (χ1) is 10.9. The van der Waals surface area contributed by atoms with Crippen LogP contribution >= 0.6 is 0 Å². The van der Waals surface area contributed by atoms with Gasteiger partial charge in [0.25, 0.3) is 0 Å². The molecule has 4 rings (SSSR count). The predicted octanol–water partition coefficient (Wildman–Crippen LogP) is 1.06. The quantitative estimate of drug-likeness (QED) is 0.624. The summed E-state index contributed by atoms with van der Waals surface area (Å²) in [6, 6.07) is 8.53. The first-order valence-corrected chi connectivity index (χ1v) is 8.39. The molecule has 5 nitrogen and oxygen atoms in total. The third-order valence-corrected chi connectivity index (χ3v) is 4.88. The van der Waals surface area contributed by atoms with E-state index in [-0.39, 0.29) is 0 Å². The molecule has 4 N–H and O–H groups in total. The van der Waals surface area contributed by atoms with E-state index in [2.05, 4.69) is 56.5 Å². The molecule has 2 unspecified atom stereocenters. The van der Waals surface area contributed by atoms with Crippen LogP contribution in [0.25, 0.3) is 10.9 Å². The van der Waals surface area contributed by atoms with Gasteiger partial charge in [-0.2, -0.15) is 0 Å². The normalized spacial score (nSPS) is 25.6. The van der Waals surface area contributed by atoms with Crippen molar-refractivity contribution >= 4 is 10.9 Å². The Bertz CT molecular complexity index is 622. The molecular formula is C17H25N5. The van der Waals surface area contributed by atoms with Crippen molar-refractivity contribution in [3.8, 4) is 0 Å². The van der Waals surface area contributed by atoms with Crippen molar-refractivity contribution < 1.29 is 0 Å². The lowest BCUT2D eigenvalue weighted by Gasteiger charge is -2.35. The molecule has 2 fully saturated rings. The molecule has 2 aromatic rings. The van der Waals surface area contributed by atoms with Gasteiger partial charge in [0, 0.05) is 43.3 Å². The van der Waals surface area contributed by atoms with E-state index in [1.807, 2.05) is 0 Å². The second-order valence-electron chi connectivity index (χ2n) is 6.45. The molecule has 0 amide bonds. The summed E-state index contributed by atoms with van der Waals surface area (Å²) >= 11 is 0. The molecule has 2 saturated heterocycles. The average molecular weight is 299 g/mol. The maximum atomic E-state index is 3.63. The number of benzene rings is 1. The lowest BCUT2D eigenvalue weighted by Crippen LogP contribution is -2.56. The minimum Gasteiger partial charge on any atom is -0.361 e. The molecule has 2 aliphatic rings. The molecule has 0 saturated carbocycles. The van der Waals surface area contributed by atoms with E-state index in [4.69, 9.17) is 0 Å². The monoisotopic (exact) mass is 299 g/mol. The number of para-hydroxylation sites is 1. The smallest absolute Gasteiger partial charge is 0.0745 e. The van der Waals surface area contributed by atoms with Gasteiger partial charge in [0.05, 0.1) is 6.17 Å². The zero-order valence-electron chi connectivity index (χ0n) is 12.9. The first-order valence-electron chi connectivity index (χ1n) is 8.39. The van der Waals surface area contributed by atoms with E-state index in [1.165, 1.54) is 22.9 Å². The van der Waals surface area contributed by atoms with Crippen molar-refractivity contribution in [2.24, 2.45) is 5.92 Å². The van der Waals surface area contributed by atoms with Crippen LogP contribution in [0.1, 0.15) is 12.0 Å². The third kappa shape index (κ3) is 2.90. The van der Waals surface area contributed by atoms with Crippen molar-refractivity contribution in [1.29, 1.82) is 0 Å². The Morgan fingerprint density at radius 2 is 2.23 bits per heavy atom. The summed E-state index contributed by atoms with van der Waals surface area (Å²) in [5, 5.41) is 11.0. The van der Waals surface area contributed by atoms with Crippen molar-refractivity contribution in [2.75, 3.05) is 32.7 Å². The van der Waals surface area contributed by atoms with Gasteiger partial charge < -0.3 is 15.6 Å². The van der Waals surface area contributed by atoms with E-state index in [0.717, 1.165) is 39.1 Å². The van der Waals surface area contributed by atoms with Crippen LogP contribution in [0.5, 0.6) is 0 Å². The number of fused-ring (bicyclic) bond motifs is 2. The lowest BCUT2D eigenvalue weighted by atomic mass is 10.1. The number of nitrogens with one attached hydrogen (secondary N) is 4. The van der Waals surface area contributed by atoms with Crippen LogP contribution in [-0.2, 0) is 6.42 Å². The van der Waals surface area contributed by atoms with Gasteiger partial charge in [0.15, 0.2) is 0 Å². The van der Waals surface area contributed by atoms with Gasteiger partial charge in [-0.3, -0.25) is 5.43 Å². The van der Waals surface area contributed by atoms with Gasteiger partial charge in [-0.15, -0.1) is 0 Å². The summed E-state index contributed by atoms with van der Waals surface area (Å²) in [5.74, 6) is 0.685. The van der Waals surface area contributed by atoms with E-state index >= 15 is 0 Å². The number of hydrogen-bond donors (Lipinski definition) is 4. The second-order valence-corrected chi connectivity index (χ2v) is 6.45. The van der Waals surface area contributed by atoms with E-state index in [0.29, 0.717) is 12.1 Å². The summed E-state index contributed by atoms with van der Waals surface area (Å²) in [5.41, 5.74) is 6.11. The third-order valence-electron chi connectivity index (χ3n) is 4.88. The minimum absolute atomic E-state index is 0.558. The molecule has 0 bridgehead atoms. The highest BCUT2D eigenvalue weighted by atomic mass is 15.6. The van der Waals surface area contributed by atoms with Crippen LogP contribution in [-0.4, -0.2) is 48.9 Å². The van der Waals surface area contributed by atoms with Crippen molar-refractivity contribution in [3.63, 3.8) is 0 Å². The van der Waals surface area contributed by atoms with E-state index < -0.39 is 0 Å². The highest BCUT2D eigenvalue weighted by Crippen LogP contribution is 2.18. The Balaban J connectivity index is 1.24. The largest absolute Gasteiger partial charge is 0.361 e. The van der Waals surface area contributed by atoms with Crippen LogP contribution in [0.3, 0.4) is 0 Å².